The van der Waals surface area contributed by atoms with E-state index in [9.17, 15) is 18.1 Å². The van der Waals surface area contributed by atoms with Gasteiger partial charge in [0.25, 0.3) is 0 Å². The standard InChI is InChI=1S/C17H36O4S.Na/c1-3-5-7-9-11-13-16(18)15-17(22(19,20)21)14-12-10-8-6-4-2;/h16-18H,3-15H2,1-2H3,(H,19,20,21);/q;+1/p-1. The Labute approximate surface area is 165 Å². The van der Waals surface area contributed by atoms with Crippen molar-refractivity contribution >= 4 is 10.1 Å². The minimum atomic E-state index is -4.30. The largest absolute Gasteiger partial charge is 1.00 e. The monoisotopic (exact) mass is 358 g/mol. The smallest absolute Gasteiger partial charge is 0.748 e. The third-order valence-corrected chi connectivity index (χ3v) is 5.46. The van der Waals surface area contributed by atoms with Crippen LogP contribution in [0, 0.1) is 0 Å². The minimum Gasteiger partial charge on any atom is -0.748 e. The Bertz CT molecular complexity index is 347. The van der Waals surface area contributed by atoms with Gasteiger partial charge < -0.3 is 9.66 Å². The number of aliphatic hydroxyl groups excluding tert-OH is 1. The van der Waals surface area contributed by atoms with Crippen molar-refractivity contribution in [3.8, 4) is 0 Å². The van der Waals surface area contributed by atoms with Gasteiger partial charge in [0.1, 0.15) is 0 Å². The first-order valence-corrected chi connectivity index (χ1v) is 10.5. The van der Waals surface area contributed by atoms with Crippen LogP contribution in [-0.2, 0) is 10.1 Å². The summed E-state index contributed by atoms with van der Waals surface area (Å²) in [5.74, 6) is 0. The Kier molecular flexibility index (Phi) is 18.5. The topological polar surface area (TPSA) is 77.4 Å². The number of hydrogen-bond acceptors (Lipinski definition) is 4. The van der Waals surface area contributed by atoms with Crippen molar-refractivity contribution in [1.82, 2.24) is 0 Å². The fourth-order valence-electron chi connectivity index (χ4n) is 2.76. The molecular formula is C17H35NaO4S. The third kappa shape index (κ3) is 16.1. The van der Waals surface area contributed by atoms with Gasteiger partial charge in [-0.25, -0.2) is 8.42 Å². The molecule has 1 N–H and O–H groups in total. The molecule has 4 nitrogen and oxygen atoms in total. The van der Waals surface area contributed by atoms with Gasteiger partial charge >= 0.3 is 29.6 Å². The normalized spacial score (nSPS) is 14.3. The molecule has 0 amide bonds. The van der Waals surface area contributed by atoms with Gasteiger partial charge in [-0.1, -0.05) is 78.1 Å². The van der Waals surface area contributed by atoms with Crippen LogP contribution in [0.5, 0.6) is 0 Å². The summed E-state index contributed by atoms with van der Waals surface area (Å²) >= 11 is 0. The Morgan fingerprint density at radius 2 is 1.26 bits per heavy atom. The van der Waals surface area contributed by atoms with E-state index < -0.39 is 21.5 Å². The maximum atomic E-state index is 11.3. The molecule has 0 spiro atoms. The molecule has 6 heteroatoms. The molecule has 0 saturated heterocycles. The van der Waals surface area contributed by atoms with Crippen LogP contribution in [0.25, 0.3) is 0 Å². The zero-order chi connectivity index (χ0) is 16.8. The molecule has 0 bridgehead atoms. The van der Waals surface area contributed by atoms with E-state index in [0.29, 0.717) is 12.8 Å². The second kappa shape index (κ2) is 16.3. The van der Waals surface area contributed by atoms with Crippen LogP contribution < -0.4 is 29.6 Å². The summed E-state index contributed by atoms with van der Waals surface area (Å²) in [5, 5.41) is 9.06. The SMILES string of the molecule is CCCCCCCC(O)CC(CCCCCCC)S(=O)(=O)[O-].[Na+]. The maximum absolute atomic E-state index is 11.3. The molecule has 0 radical (unpaired) electrons. The van der Waals surface area contributed by atoms with E-state index in [4.69, 9.17) is 0 Å². The summed E-state index contributed by atoms with van der Waals surface area (Å²) in [6.07, 6.45) is 11.0. The van der Waals surface area contributed by atoms with E-state index in [1.54, 1.807) is 0 Å². The van der Waals surface area contributed by atoms with E-state index >= 15 is 0 Å². The molecule has 134 valence electrons. The van der Waals surface area contributed by atoms with E-state index in [2.05, 4.69) is 13.8 Å². The van der Waals surface area contributed by atoms with Crippen molar-refractivity contribution in [2.24, 2.45) is 0 Å². The number of rotatable bonds is 15. The predicted molar refractivity (Wildman–Crippen MR) is 90.9 cm³/mol. The molecule has 0 aliphatic carbocycles. The second-order valence-corrected chi connectivity index (χ2v) is 8.06. The number of hydrogen-bond donors (Lipinski definition) is 1. The first kappa shape index (κ1) is 26.1. The molecule has 2 unspecified atom stereocenters. The van der Waals surface area contributed by atoms with E-state index in [1.807, 2.05) is 0 Å². The van der Waals surface area contributed by atoms with Gasteiger partial charge in [0, 0.05) is 0 Å². The molecule has 0 fully saturated rings. The van der Waals surface area contributed by atoms with Crippen LogP contribution in [0.1, 0.15) is 97.3 Å². The predicted octanol–water partition coefficient (Wildman–Crippen LogP) is 1.38. The zero-order valence-corrected chi connectivity index (χ0v) is 18.2. The summed E-state index contributed by atoms with van der Waals surface area (Å²) < 4.78 is 34.0. The van der Waals surface area contributed by atoms with Crippen molar-refractivity contribution < 1.29 is 47.6 Å². The molecule has 0 aromatic carbocycles. The van der Waals surface area contributed by atoms with Gasteiger partial charge in [-0.05, 0) is 19.3 Å². The van der Waals surface area contributed by atoms with Gasteiger partial charge in [-0.15, -0.1) is 0 Å². The van der Waals surface area contributed by atoms with Crippen LogP contribution in [0.3, 0.4) is 0 Å². The first-order valence-electron chi connectivity index (χ1n) is 9.04. The van der Waals surface area contributed by atoms with E-state index in [-0.39, 0.29) is 36.0 Å². The molecular weight excluding hydrogens is 323 g/mol. The molecule has 0 aliphatic heterocycles. The molecule has 0 rings (SSSR count). The third-order valence-electron chi connectivity index (χ3n) is 4.21. The molecule has 0 heterocycles. The average Bonchev–Trinajstić information content (AvgIpc) is 2.44. The van der Waals surface area contributed by atoms with Gasteiger partial charge in [-0.2, -0.15) is 0 Å². The van der Waals surface area contributed by atoms with Crippen LogP contribution in [0.15, 0.2) is 0 Å². The quantitative estimate of drug-likeness (QED) is 0.272. The first-order chi connectivity index (χ1) is 10.4. The van der Waals surface area contributed by atoms with Crippen molar-refractivity contribution in [2.75, 3.05) is 0 Å². The zero-order valence-electron chi connectivity index (χ0n) is 15.4. The van der Waals surface area contributed by atoms with E-state index in [1.165, 1.54) is 12.8 Å². The summed E-state index contributed by atoms with van der Waals surface area (Å²) in [5.41, 5.74) is 0. The fraction of sp³-hybridized carbons (Fsp3) is 1.00. The van der Waals surface area contributed by atoms with E-state index in [0.717, 1.165) is 51.4 Å². The fourth-order valence-corrected chi connectivity index (χ4v) is 3.67. The molecule has 2 atom stereocenters. The van der Waals surface area contributed by atoms with Gasteiger partial charge in [0.15, 0.2) is 0 Å². The van der Waals surface area contributed by atoms with Gasteiger partial charge in [0.05, 0.1) is 21.5 Å². The molecule has 0 saturated carbocycles. The second-order valence-electron chi connectivity index (χ2n) is 6.41. The summed E-state index contributed by atoms with van der Waals surface area (Å²) in [6, 6.07) is 0. The molecule has 0 aromatic heterocycles. The molecule has 23 heavy (non-hydrogen) atoms. The van der Waals surface area contributed by atoms with Crippen molar-refractivity contribution in [1.29, 1.82) is 0 Å². The van der Waals surface area contributed by atoms with Crippen LogP contribution in [0.2, 0.25) is 0 Å². The Morgan fingerprint density at radius 3 is 1.70 bits per heavy atom. The average molecular weight is 359 g/mol. The molecule has 0 aliphatic rings. The van der Waals surface area contributed by atoms with Crippen LogP contribution >= 0.6 is 0 Å². The Balaban J connectivity index is 0. The Hall–Kier alpha value is 0.870. The summed E-state index contributed by atoms with van der Waals surface area (Å²) in [6.45, 7) is 4.28. The summed E-state index contributed by atoms with van der Waals surface area (Å²) in [4.78, 5) is 0. The van der Waals surface area contributed by atoms with Crippen LogP contribution in [-0.4, -0.2) is 29.4 Å². The van der Waals surface area contributed by atoms with Gasteiger partial charge in [-0.3, -0.25) is 0 Å². The number of aliphatic hydroxyl groups is 1. The Morgan fingerprint density at radius 1 is 0.826 bits per heavy atom. The minimum absolute atomic E-state index is 0. The van der Waals surface area contributed by atoms with Crippen LogP contribution in [0.4, 0.5) is 0 Å². The maximum Gasteiger partial charge on any atom is 1.00 e. The van der Waals surface area contributed by atoms with Crippen molar-refractivity contribution in [3.63, 3.8) is 0 Å². The van der Waals surface area contributed by atoms with Gasteiger partial charge in [0.2, 0.25) is 0 Å². The van der Waals surface area contributed by atoms with Crippen molar-refractivity contribution in [2.45, 2.75) is 109 Å². The van der Waals surface area contributed by atoms with Crippen molar-refractivity contribution in [3.05, 3.63) is 0 Å². The summed E-state index contributed by atoms with van der Waals surface area (Å²) in [7, 11) is -4.30. The molecule has 0 aromatic rings. The number of unbranched alkanes of at least 4 members (excludes halogenated alkanes) is 8.